The highest BCUT2D eigenvalue weighted by molar-refractivity contribution is 5.78. The number of halogens is 1. The number of amides is 1. The van der Waals surface area contributed by atoms with E-state index in [1.807, 2.05) is 46.2 Å². The summed E-state index contributed by atoms with van der Waals surface area (Å²) in [5, 5.41) is 10.7. The van der Waals surface area contributed by atoms with E-state index in [2.05, 4.69) is 4.98 Å². The van der Waals surface area contributed by atoms with E-state index in [1.165, 1.54) is 6.07 Å². The molecule has 3 aromatic rings. The number of hydrogen-bond acceptors (Lipinski definition) is 5. The quantitative estimate of drug-likeness (QED) is 0.601. The van der Waals surface area contributed by atoms with Gasteiger partial charge in [-0.15, -0.1) is 0 Å². The van der Waals surface area contributed by atoms with Crippen molar-refractivity contribution in [2.45, 2.75) is 31.6 Å². The highest BCUT2D eigenvalue weighted by Crippen LogP contribution is 2.33. The molecule has 1 fully saturated rings. The largest absolute Gasteiger partial charge is 0.484 e. The van der Waals surface area contributed by atoms with E-state index >= 15 is 0 Å². The minimum Gasteiger partial charge on any atom is -0.484 e. The van der Waals surface area contributed by atoms with Crippen LogP contribution in [0.15, 0.2) is 73.1 Å². The second kappa shape index (κ2) is 10.5. The summed E-state index contributed by atoms with van der Waals surface area (Å²) in [4.78, 5) is 21.3. The molecular formula is C28H30FN3O3. The van der Waals surface area contributed by atoms with E-state index in [1.54, 1.807) is 30.6 Å². The zero-order valence-corrected chi connectivity index (χ0v) is 19.6. The van der Waals surface area contributed by atoms with Gasteiger partial charge in [-0.25, -0.2) is 4.39 Å². The Morgan fingerprint density at radius 1 is 1.09 bits per heavy atom. The van der Waals surface area contributed by atoms with Crippen LogP contribution >= 0.6 is 0 Å². The van der Waals surface area contributed by atoms with Gasteiger partial charge >= 0.3 is 0 Å². The maximum Gasteiger partial charge on any atom is 0.236 e. The predicted molar refractivity (Wildman–Crippen MR) is 130 cm³/mol. The maximum absolute atomic E-state index is 14.6. The van der Waals surface area contributed by atoms with Crippen LogP contribution in [0.3, 0.4) is 0 Å². The molecule has 1 aromatic heterocycles. The normalized spacial score (nSPS) is 19.9. The Morgan fingerprint density at radius 2 is 1.86 bits per heavy atom. The van der Waals surface area contributed by atoms with Crippen LogP contribution in [-0.2, 0) is 11.3 Å². The van der Waals surface area contributed by atoms with Crippen LogP contribution in [0.1, 0.15) is 41.7 Å². The molecule has 0 saturated carbocycles. The van der Waals surface area contributed by atoms with Gasteiger partial charge in [0.15, 0.2) is 0 Å². The Bertz CT molecular complexity index is 1150. The molecule has 2 atom stereocenters. The van der Waals surface area contributed by atoms with Gasteiger partial charge in [0.1, 0.15) is 17.7 Å². The number of benzene rings is 2. The van der Waals surface area contributed by atoms with Crippen molar-refractivity contribution in [3.05, 3.63) is 95.6 Å². The maximum atomic E-state index is 14.6. The molecule has 2 aliphatic heterocycles. The summed E-state index contributed by atoms with van der Waals surface area (Å²) in [6.07, 6.45) is 3.81. The number of carbonyl (C=O) groups is 1. The number of ether oxygens (including phenoxy) is 1. The summed E-state index contributed by atoms with van der Waals surface area (Å²) in [6.45, 7) is 2.43. The predicted octanol–water partition coefficient (Wildman–Crippen LogP) is 4.13. The molecule has 0 unspecified atom stereocenters. The molecule has 3 heterocycles. The number of fused-ring (bicyclic) bond motifs is 1. The molecule has 6 nitrogen and oxygen atoms in total. The Kier molecular flexibility index (Phi) is 7.06. The van der Waals surface area contributed by atoms with E-state index in [9.17, 15) is 14.3 Å². The monoisotopic (exact) mass is 475 g/mol. The second-order valence-electron chi connectivity index (χ2n) is 9.35. The number of aromatic nitrogens is 1. The Hall–Kier alpha value is -3.29. The van der Waals surface area contributed by atoms with Crippen molar-refractivity contribution in [2.24, 2.45) is 5.92 Å². The number of rotatable bonds is 5. The summed E-state index contributed by atoms with van der Waals surface area (Å²) >= 11 is 0. The van der Waals surface area contributed by atoms with Crippen molar-refractivity contribution in [3.63, 3.8) is 0 Å². The standard InChI is InChI=1S/C28H30FN3O3/c29-24-9-3-2-8-23(24)26-18-31(17-22-6-1-4-10-25(22)35-26)19-27(33)32-14-11-20(12-15-32)28(34)21-7-5-13-30-16-21/h1-10,13,16,20,26,28,34H,11-12,14-15,17-19H2/t26-,28-/m1/s1. The van der Waals surface area contributed by atoms with Crippen LogP contribution in [-0.4, -0.2) is 52.0 Å². The van der Waals surface area contributed by atoms with Crippen LogP contribution in [0.2, 0.25) is 0 Å². The number of pyridine rings is 1. The minimum atomic E-state index is -0.568. The molecule has 182 valence electrons. The molecule has 1 N–H and O–H groups in total. The second-order valence-corrected chi connectivity index (χ2v) is 9.35. The van der Waals surface area contributed by atoms with Crippen LogP contribution in [0.25, 0.3) is 0 Å². The Morgan fingerprint density at radius 3 is 2.63 bits per heavy atom. The zero-order valence-electron chi connectivity index (χ0n) is 19.6. The molecule has 2 aliphatic rings. The lowest BCUT2D eigenvalue weighted by molar-refractivity contribution is -0.134. The highest BCUT2D eigenvalue weighted by atomic mass is 19.1. The van der Waals surface area contributed by atoms with Gasteiger partial charge in [-0.05, 0) is 42.5 Å². The van der Waals surface area contributed by atoms with Crippen molar-refractivity contribution >= 4 is 5.91 Å². The molecule has 7 heteroatoms. The van der Waals surface area contributed by atoms with Gasteiger partial charge < -0.3 is 14.7 Å². The zero-order chi connectivity index (χ0) is 24.2. The molecule has 35 heavy (non-hydrogen) atoms. The van der Waals surface area contributed by atoms with E-state index in [4.69, 9.17) is 4.74 Å². The van der Waals surface area contributed by atoms with Gasteiger partial charge in [0.05, 0.1) is 12.6 Å². The molecular weight excluding hydrogens is 445 g/mol. The number of hydrogen-bond donors (Lipinski definition) is 1. The number of aliphatic hydroxyl groups excluding tert-OH is 1. The third-order valence-electron chi connectivity index (χ3n) is 7.04. The smallest absolute Gasteiger partial charge is 0.236 e. The summed E-state index contributed by atoms with van der Waals surface area (Å²) in [7, 11) is 0. The van der Waals surface area contributed by atoms with Crippen molar-refractivity contribution in [2.75, 3.05) is 26.2 Å². The third kappa shape index (κ3) is 5.36. The minimum absolute atomic E-state index is 0.0472. The van der Waals surface area contributed by atoms with Gasteiger partial charge in [0.2, 0.25) is 5.91 Å². The van der Waals surface area contributed by atoms with Crippen molar-refractivity contribution in [3.8, 4) is 5.75 Å². The van der Waals surface area contributed by atoms with Gasteiger partial charge in [0.25, 0.3) is 0 Å². The van der Waals surface area contributed by atoms with E-state index in [0.29, 0.717) is 31.7 Å². The fourth-order valence-electron chi connectivity index (χ4n) is 5.08. The average molecular weight is 476 g/mol. The van der Waals surface area contributed by atoms with Crippen LogP contribution in [0.4, 0.5) is 4.39 Å². The lowest BCUT2D eigenvalue weighted by Crippen LogP contribution is -2.45. The number of aliphatic hydroxyl groups is 1. The molecule has 0 bridgehead atoms. The van der Waals surface area contributed by atoms with E-state index < -0.39 is 12.2 Å². The third-order valence-corrected chi connectivity index (χ3v) is 7.04. The molecule has 0 radical (unpaired) electrons. The fourth-order valence-corrected chi connectivity index (χ4v) is 5.08. The molecule has 2 aromatic carbocycles. The highest BCUT2D eigenvalue weighted by Gasteiger charge is 2.31. The molecule has 1 amide bonds. The van der Waals surface area contributed by atoms with Gasteiger partial charge in [-0.3, -0.25) is 14.7 Å². The summed E-state index contributed by atoms with van der Waals surface area (Å²) in [5.74, 6) is 0.566. The molecule has 0 aliphatic carbocycles. The van der Waals surface area contributed by atoms with Gasteiger partial charge in [0, 0.05) is 49.7 Å². The number of likely N-dealkylation sites (tertiary alicyclic amines) is 1. The Balaban J connectivity index is 1.25. The van der Waals surface area contributed by atoms with Gasteiger partial charge in [-0.2, -0.15) is 0 Å². The lowest BCUT2D eigenvalue weighted by atomic mass is 9.88. The molecule has 0 spiro atoms. The van der Waals surface area contributed by atoms with Crippen LogP contribution < -0.4 is 4.74 Å². The van der Waals surface area contributed by atoms with Crippen molar-refractivity contribution < 1.29 is 19.0 Å². The number of nitrogens with zero attached hydrogens (tertiary/aromatic N) is 3. The SMILES string of the molecule is O=C(CN1Cc2ccccc2O[C@@H](c2ccccc2F)C1)N1CCC([C@@H](O)c2cccnc2)CC1. The first-order valence-electron chi connectivity index (χ1n) is 12.2. The Labute approximate surface area is 205 Å². The van der Waals surface area contributed by atoms with Gasteiger partial charge in [-0.1, -0.05) is 42.5 Å². The van der Waals surface area contributed by atoms with E-state index in [-0.39, 0.29) is 24.2 Å². The fraction of sp³-hybridized carbons (Fsp3) is 0.357. The van der Waals surface area contributed by atoms with E-state index in [0.717, 1.165) is 29.7 Å². The topological polar surface area (TPSA) is 65.9 Å². The first-order chi connectivity index (χ1) is 17.1. The molecule has 5 rings (SSSR count). The summed E-state index contributed by atoms with van der Waals surface area (Å²) in [6, 6.07) is 18.1. The van der Waals surface area contributed by atoms with Crippen molar-refractivity contribution in [1.82, 2.24) is 14.8 Å². The number of carbonyl (C=O) groups excluding carboxylic acids is 1. The first-order valence-corrected chi connectivity index (χ1v) is 12.2. The average Bonchev–Trinajstić information content (AvgIpc) is 3.08. The summed E-state index contributed by atoms with van der Waals surface area (Å²) in [5.41, 5.74) is 2.30. The first kappa shape index (κ1) is 23.5. The molecule has 1 saturated heterocycles. The van der Waals surface area contributed by atoms with Crippen LogP contribution in [0, 0.1) is 11.7 Å². The van der Waals surface area contributed by atoms with Crippen molar-refractivity contribution in [1.29, 1.82) is 0 Å². The van der Waals surface area contributed by atoms with Crippen LogP contribution in [0.5, 0.6) is 5.75 Å². The number of piperidine rings is 1. The summed E-state index contributed by atoms with van der Waals surface area (Å²) < 4.78 is 20.8. The number of para-hydroxylation sites is 1. The lowest BCUT2D eigenvalue weighted by Gasteiger charge is -2.35.